The Morgan fingerprint density at radius 1 is 0.828 bits per heavy atom. The molecule has 1 heterocycles. The monoisotopic (exact) mass is 407 g/mol. The van der Waals surface area contributed by atoms with E-state index in [1.807, 2.05) is 19.9 Å². The molecule has 1 aromatic rings. The highest BCUT2D eigenvalue weighted by molar-refractivity contribution is 5.13. The summed E-state index contributed by atoms with van der Waals surface area (Å²) in [4.78, 5) is 2.63. The van der Waals surface area contributed by atoms with Gasteiger partial charge in [-0.15, -0.1) is 0 Å². The van der Waals surface area contributed by atoms with E-state index in [1.165, 1.54) is 44.5 Å². The van der Waals surface area contributed by atoms with Crippen molar-refractivity contribution in [1.82, 2.24) is 4.90 Å². The van der Waals surface area contributed by atoms with Gasteiger partial charge in [0.2, 0.25) is 0 Å². The minimum atomic E-state index is 0.314. The first kappa shape index (κ1) is 26.1. The molecule has 0 radical (unpaired) electrons. The minimum absolute atomic E-state index is 0.314. The summed E-state index contributed by atoms with van der Waals surface area (Å²) in [6, 6.07) is 10.4. The average molecular weight is 408 g/mol. The van der Waals surface area contributed by atoms with Crippen molar-refractivity contribution in [2.75, 3.05) is 39.5 Å². The Kier molecular flexibility index (Phi) is 16.1. The lowest BCUT2D eigenvalue weighted by molar-refractivity contribution is 0.114. The predicted octanol–water partition coefficient (Wildman–Crippen LogP) is 4.88. The fraction of sp³-hybridized carbons (Fsp3) is 0.760. The van der Waals surface area contributed by atoms with Gasteiger partial charge in [0, 0.05) is 32.9 Å². The van der Waals surface area contributed by atoms with Crippen molar-refractivity contribution in [3.8, 4) is 0 Å². The maximum absolute atomic E-state index is 9.04. The number of ether oxygens (including phenoxy) is 1. The molecular weight excluding hydrogens is 362 g/mol. The van der Waals surface area contributed by atoms with Crippen molar-refractivity contribution in [2.24, 2.45) is 11.8 Å². The fourth-order valence-corrected chi connectivity index (χ4v) is 4.21. The molecule has 0 aliphatic carbocycles. The van der Waals surface area contributed by atoms with Gasteiger partial charge in [-0.2, -0.15) is 0 Å². The van der Waals surface area contributed by atoms with Crippen molar-refractivity contribution < 1.29 is 14.9 Å². The number of likely N-dealkylation sites (tertiary alicyclic amines) is 1. The summed E-state index contributed by atoms with van der Waals surface area (Å²) in [6.45, 7) is 9.76. The van der Waals surface area contributed by atoms with E-state index >= 15 is 0 Å². The second-order valence-electron chi connectivity index (χ2n) is 7.96. The lowest BCUT2D eigenvalue weighted by Gasteiger charge is -2.17. The Balaban J connectivity index is 0.00000204. The minimum Gasteiger partial charge on any atom is -0.396 e. The molecule has 29 heavy (non-hydrogen) atoms. The van der Waals surface area contributed by atoms with Gasteiger partial charge in [-0.3, -0.25) is 0 Å². The van der Waals surface area contributed by atoms with Crippen LogP contribution < -0.4 is 0 Å². The number of aliphatic hydroxyl groups is 2. The van der Waals surface area contributed by atoms with E-state index in [0.717, 1.165) is 50.5 Å². The third kappa shape index (κ3) is 11.7. The number of benzene rings is 1. The van der Waals surface area contributed by atoms with Gasteiger partial charge in [-0.1, -0.05) is 57.0 Å². The summed E-state index contributed by atoms with van der Waals surface area (Å²) in [5.74, 6) is 1.54. The number of nitrogens with zero attached hydrogens (tertiary/aromatic N) is 1. The van der Waals surface area contributed by atoms with Crippen LogP contribution in [0.2, 0.25) is 0 Å². The first-order valence-electron chi connectivity index (χ1n) is 11.9. The van der Waals surface area contributed by atoms with E-state index in [2.05, 4.69) is 29.2 Å². The zero-order valence-corrected chi connectivity index (χ0v) is 18.9. The number of hydrogen-bond acceptors (Lipinski definition) is 4. The second kappa shape index (κ2) is 17.9. The molecule has 2 atom stereocenters. The topological polar surface area (TPSA) is 52.9 Å². The first-order valence-corrected chi connectivity index (χ1v) is 11.9. The summed E-state index contributed by atoms with van der Waals surface area (Å²) in [6.07, 6.45) is 8.92. The van der Waals surface area contributed by atoms with Gasteiger partial charge in [0.05, 0.1) is 6.61 Å². The van der Waals surface area contributed by atoms with Crippen LogP contribution in [-0.4, -0.2) is 54.6 Å². The molecule has 4 heteroatoms. The van der Waals surface area contributed by atoms with E-state index in [9.17, 15) is 0 Å². The van der Waals surface area contributed by atoms with Crippen LogP contribution in [0.25, 0.3) is 0 Å². The van der Waals surface area contributed by atoms with Gasteiger partial charge < -0.3 is 19.8 Å². The van der Waals surface area contributed by atoms with Crippen molar-refractivity contribution in [1.29, 1.82) is 0 Å². The van der Waals surface area contributed by atoms with Crippen molar-refractivity contribution in [3.63, 3.8) is 0 Å². The lowest BCUT2D eigenvalue weighted by Crippen LogP contribution is -2.22. The van der Waals surface area contributed by atoms with E-state index < -0.39 is 0 Å². The molecule has 1 saturated heterocycles. The van der Waals surface area contributed by atoms with Crippen molar-refractivity contribution in [3.05, 3.63) is 35.9 Å². The van der Waals surface area contributed by atoms with Gasteiger partial charge in [0.15, 0.2) is 0 Å². The van der Waals surface area contributed by atoms with Gasteiger partial charge in [-0.25, -0.2) is 0 Å². The molecule has 1 aliphatic heterocycles. The van der Waals surface area contributed by atoms with Crippen LogP contribution in [-0.2, 0) is 11.3 Å². The molecule has 1 fully saturated rings. The Bertz CT molecular complexity index is 450. The molecule has 2 unspecified atom stereocenters. The quantitative estimate of drug-likeness (QED) is 0.407. The summed E-state index contributed by atoms with van der Waals surface area (Å²) in [7, 11) is 0. The third-order valence-electron chi connectivity index (χ3n) is 5.74. The molecule has 1 aromatic carbocycles. The van der Waals surface area contributed by atoms with Gasteiger partial charge in [0.25, 0.3) is 0 Å². The maximum atomic E-state index is 9.04. The zero-order chi connectivity index (χ0) is 21.2. The lowest BCUT2D eigenvalue weighted by atomic mass is 9.87. The zero-order valence-electron chi connectivity index (χ0n) is 18.9. The van der Waals surface area contributed by atoms with Crippen molar-refractivity contribution in [2.45, 2.75) is 71.8 Å². The van der Waals surface area contributed by atoms with E-state index in [1.54, 1.807) is 0 Å². The highest BCUT2D eigenvalue weighted by atomic mass is 16.5. The second-order valence-corrected chi connectivity index (χ2v) is 7.96. The van der Waals surface area contributed by atoms with E-state index in [4.69, 9.17) is 14.9 Å². The van der Waals surface area contributed by atoms with Crippen LogP contribution in [0.5, 0.6) is 0 Å². The van der Waals surface area contributed by atoms with Gasteiger partial charge in [0.1, 0.15) is 0 Å². The summed E-state index contributed by atoms with van der Waals surface area (Å²) >= 11 is 0. The van der Waals surface area contributed by atoms with Crippen molar-refractivity contribution >= 4 is 0 Å². The summed E-state index contributed by atoms with van der Waals surface area (Å²) < 4.78 is 5.79. The average Bonchev–Trinajstić information content (AvgIpc) is 3.15. The molecular formula is C25H45NO3. The number of hydrogen-bond donors (Lipinski definition) is 2. The molecule has 4 nitrogen and oxygen atoms in total. The maximum Gasteiger partial charge on any atom is 0.0716 e. The number of unbranched alkanes of at least 4 members (excludes halogenated alkanes) is 3. The summed E-state index contributed by atoms with van der Waals surface area (Å²) in [5, 5.41) is 18.1. The Morgan fingerprint density at radius 2 is 1.41 bits per heavy atom. The molecule has 0 bridgehead atoms. The molecule has 1 aliphatic rings. The molecule has 0 spiro atoms. The standard InChI is InChI=1S/C23H39NO3.C2H6/c25-15-7-4-12-22-18-24(19-23(22)13-5-8-16-26)14-6-9-17-27-20-21-10-2-1-3-11-21;1-2/h1-3,10-11,22-23,25-26H,4-9,12-20H2;1-2H3. The Labute approximate surface area is 179 Å². The van der Waals surface area contributed by atoms with Crippen LogP contribution in [0.15, 0.2) is 30.3 Å². The summed E-state index contributed by atoms with van der Waals surface area (Å²) in [5.41, 5.74) is 1.24. The SMILES string of the molecule is CC.OCCCCC1CN(CCCCOCc2ccccc2)CC1CCCCO. The molecule has 0 saturated carbocycles. The highest BCUT2D eigenvalue weighted by Crippen LogP contribution is 2.31. The molecule has 0 aromatic heterocycles. The molecule has 0 amide bonds. The number of aliphatic hydroxyl groups excluding tert-OH is 2. The Hall–Kier alpha value is -0.940. The van der Waals surface area contributed by atoms with Gasteiger partial charge >= 0.3 is 0 Å². The highest BCUT2D eigenvalue weighted by Gasteiger charge is 2.31. The fourth-order valence-electron chi connectivity index (χ4n) is 4.21. The van der Waals surface area contributed by atoms with Crippen LogP contribution in [0.1, 0.15) is 70.8 Å². The predicted molar refractivity (Wildman–Crippen MR) is 122 cm³/mol. The smallest absolute Gasteiger partial charge is 0.0716 e. The van der Waals surface area contributed by atoms with E-state index in [-0.39, 0.29) is 0 Å². The Morgan fingerprint density at radius 3 is 1.97 bits per heavy atom. The number of rotatable bonds is 15. The van der Waals surface area contributed by atoms with Crippen LogP contribution >= 0.6 is 0 Å². The van der Waals surface area contributed by atoms with Crippen LogP contribution in [0, 0.1) is 11.8 Å². The molecule has 2 rings (SSSR count). The largest absolute Gasteiger partial charge is 0.396 e. The molecule has 2 N–H and O–H groups in total. The molecule has 168 valence electrons. The van der Waals surface area contributed by atoms with Gasteiger partial charge in [-0.05, 0) is 62.5 Å². The van der Waals surface area contributed by atoms with E-state index in [0.29, 0.717) is 19.8 Å². The van der Waals surface area contributed by atoms with Crippen LogP contribution in [0.3, 0.4) is 0 Å². The normalized spacial score (nSPS) is 19.2. The first-order chi connectivity index (χ1) is 14.3. The third-order valence-corrected chi connectivity index (χ3v) is 5.74. The van der Waals surface area contributed by atoms with Crippen LogP contribution in [0.4, 0.5) is 0 Å².